The topological polar surface area (TPSA) is 29.3 Å². The number of hydrogen-bond acceptors (Lipinski definition) is 2. The molecule has 0 bridgehead atoms. The number of imidazole rings is 1. The molecular formula is C11H15N3. The van der Waals surface area contributed by atoms with Crippen molar-refractivity contribution >= 4 is 5.52 Å². The molecule has 1 N–H and O–H groups in total. The van der Waals surface area contributed by atoms with Crippen molar-refractivity contribution in [2.75, 3.05) is 7.05 Å². The third-order valence-corrected chi connectivity index (χ3v) is 2.36. The summed E-state index contributed by atoms with van der Waals surface area (Å²) in [7, 11) is 1.96. The van der Waals surface area contributed by atoms with Crippen LogP contribution >= 0.6 is 0 Å². The Morgan fingerprint density at radius 2 is 2.29 bits per heavy atom. The molecule has 0 aliphatic rings. The monoisotopic (exact) mass is 189 g/mol. The molecule has 0 aliphatic carbocycles. The lowest BCUT2D eigenvalue weighted by Gasteiger charge is -2.03. The van der Waals surface area contributed by atoms with E-state index in [4.69, 9.17) is 0 Å². The lowest BCUT2D eigenvalue weighted by atomic mass is 10.2. The lowest BCUT2D eigenvalue weighted by Crippen LogP contribution is -2.06. The van der Waals surface area contributed by atoms with Crippen LogP contribution in [0.25, 0.3) is 5.52 Å². The molecule has 0 aliphatic heterocycles. The minimum atomic E-state index is 0.900. The fourth-order valence-electron chi connectivity index (χ4n) is 1.66. The number of pyridine rings is 1. The van der Waals surface area contributed by atoms with Crippen molar-refractivity contribution in [3.05, 3.63) is 35.9 Å². The molecule has 2 aromatic heterocycles. The highest BCUT2D eigenvalue weighted by Gasteiger charge is 2.01. The number of nitrogens with zero attached hydrogens (tertiary/aromatic N) is 2. The highest BCUT2D eigenvalue weighted by Crippen LogP contribution is 2.09. The Hall–Kier alpha value is -1.35. The Labute approximate surface area is 83.8 Å². The summed E-state index contributed by atoms with van der Waals surface area (Å²) in [5.74, 6) is 1.12. The molecule has 2 heterocycles. The van der Waals surface area contributed by atoms with Crippen molar-refractivity contribution < 1.29 is 0 Å². The van der Waals surface area contributed by atoms with E-state index in [0.29, 0.717) is 0 Å². The second kappa shape index (κ2) is 3.80. The van der Waals surface area contributed by atoms with Crippen LogP contribution in [0.15, 0.2) is 24.5 Å². The lowest BCUT2D eigenvalue weighted by molar-refractivity contribution is 0.806. The molecule has 0 atom stereocenters. The predicted molar refractivity (Wildman–Crippen MR) is 57.3 cm³/mol. The first-order valence-corrected chi connectivity index (χ1v) is 4.94. The first kappa shape index (κ1) is 9.21. The van der Waals surface area contributed by atoms with Gasteiger partial charge in [0.25, 0.3) is 0 Å². The van der Waals surface area contributed by atoms with Crippen LogP contribution in [0.4, 0.5) is 0 Å². The van der Waals surface area contributed by atoms with Crippen LogP contribution in [0.1, 0.15) is 18.3 Å². The van der Waals surface area contributed by atoms with E-state index in [1.165, 1.54) is 11.1 Å². The summed E-state index contributed by atoms with van der Waals surface area (Å²) in [6.07, 6.45) is 5.04. The van der Waals surface area contributed by atoms with Gasteiger partial charge in [0, 0.05) is 19.2 Å². The highest BCUT2D eigenvalue weighted by molar-refractivity contribution is 5.47. The molecule has 74 valence electrons. The zero-order chi connectivity index (χ0) is 9.97. The van der Waals surface area contributed by atoms with Gasteiger partial charge in [0.05, 0.1) is 11.7 Å². The minimum absolute atomic E-state index is 0.900. The first-order chi connectivity index (χ1) is 6.85. The van der Waals surface area contributed by atoms with Gasteiger partial charge in [-0.15, -0.1) is 0 Å². The number of hydrogen-bond donors (Lipinski definition) is 1. The van der Waals surface area contributed by atoms with E-state index < -0.39 is 0 Å². The van der Waals surface area contributed by atoms with Crippen molar-refractivity contribution in [2.45, 2.75) is 19.9 Å². The van der Waals surface area contributed by atoms with E-state index in [1.807, 2.05) is 13.2 Å². The third kappa shape index (κ3) is 1.51. The maximum Gasteiger partial charge on any atom is 0.112 e. The van der Waals surface area contributed by atoms with E-state index in [-0.39, 0.29) is 0 Å². The largest absolute Gasteiger partial charge is 0.316 e. The fraction of sp³-hybridized carbons (Fsp3) is 0.364. The SMILES string of the molecule is CCc1ncc2ccc(CNC)cn12. The van der Waals surface area contributed by atoms with E-state index in [2.05, 4.69) is 40.0 Å². The summed E-state index contributed by atoms with van der Waals surface area (Å²) < 4.78 is 2.16. The molecule has 0 spiro atoms. The number of aryl methyl sites for hydroxylation is 1. The van der Waals surface area contributed by atoms with Crippen LogP contribution in [0, 0.1) is 0 Å². The summed E-state index contributed by atoms with van der Waals surface area (Å²) in [4.78, 5) is 4.36. The molecular weight excluding hydrogens is 174 g/mol. The van der Waals surface area contributed by atoms with Gasteiger partial charge >= 0.3 is 0 Å². The Morgan fingerprint density at radius 3 is 3.00 bits per heavy atom. The normalized spacial score (nSPS) is 11.0. The average Bonchev–Trinajstić information content (AvgIpc) is 2.60. The maximum absolute atomic E-state index is 4.36. The Kier molecular flexibility index (Phi) is 2.50. The van der Waals surface area contributed by atoms with Crippen LogP contribution < -0.4 is 5.32 Å². The molecule has 2 aromatic rings. The van der Waals surface area contributed by atoms with E-state index in [1.54, 1.807) is 0 Å². The predicted octanol–water partition coefficient (Wildman–Crippen LogP) is 1.62. The summed E-state index contributed by atoms with van der Waals surface area (Å²) >= 11 is 0. The molecule has 0 unspecified atom stereocenters. The van der Waals surface area contributed by atoms with E-state index >= 15 is 0 Å². The molecule has 0 amide bonds. The number of nitrogens with one attached hydrogen (secondary N) is 1. The van der Waals surface area contributed by atoms with Gasteiger partial charge < -0.3 is 9.72 Å². The van der Waals surface area contributed by atoms with Crippen LogP contribution in [0.5, 0.6) is 0 Å². The van der Waals surface area contributed by atoms with Crippen molar-refractivity contribution in [1.29, 1.82) is 0 Å². The van der Waals surface area contributed by atoms with Gasteiger partial charge in [-0.1, -0.05) is 13.0 Å². The Balaban J connectivity index is 2.50. The summed E-state index contributed by atoms with van der Waals surface area (Å²) in [6, 6.07) is 4.24. The second-order valence-corrected chi connectivity index (χ2v) is 3.39. The van der Waals surface area contributed by atoms with Gasteiger partial charge in [-0.05, 0) is 18.7 Å². The van der Waals surface area contributed by atoms with Crippen LogP contribution in [-0.4, -0.2) is 16.4 Å². The summed E-state index contributed by atoms with van der Waals surface area (Å²) in [5.41, 5.74) is 2.45. The van der Waals surface area contributed by atoms with E-state index in [0.717, 1.165) is 18.8 Å². The molecule has 0 aromatic carbocycles. The van der Waals surface area contributed by atoms with Crippen molar-refractivity contribution in [3.8, 4) is 0 Å². The van der Waals surface area contributed by atoms with Gasteiger partial charge in [0.1, 0.15) is 5.82 Å². The third-order valence-electron chi connectivity index (χ3n) is 2.36. The van der Waals surface area contributed by atoms with Crippen LogP contribution in [-0.2, 0) is 13.0 Å². The maximum atomic E-state index is 4.36. The minimum Gasteiger partial charge on any atom is -0.316 e. The summed E-state index contributed by atoms with van der Waals surface area (Å²) in [6.45, 7) is 3.02. The molecule has 3 nitrogen and oxygen atoms in total. The summed E-state index contributed by atoms with van der Waals surface area (Å²) in [5, 5.41) is 3.14. The first-order valence-electron chi connectivity index (χ1n) is 4.94. The molecule has 3 heteroatoms. The van der Waals surface area contributed by atoms with Crippen molar-refractivity contribution in [2.24, 2.45) is 0 Å². The smallest absolute Gasteiger partial charge is 0.112 e. The van der Waals surface area contributed by atoms with Crippen molar-refractivity contribution in [3.63, 3.8) is 0 Å². The number of aromatic nitrogens is 2. The fourth-order valence-corrected chi connectivity index (χ4v) is 1.66. The number of fused-ring (bicyclic) bond motifs is 1. The van der Waals surface area contributed by atoms with Gasteiger partial charge in [-0.2, -0.15) is 0 Å². The average molecular weight is 189 g/mol. The molecule has 0 radical (unpaired) electrons. The van der Waals surface area contributed by atoms with Crippen molar-refractivity contribution in [1.82, 2.24) is 14.7 Å². The highest BCUT2D eigenvalue weighted by atomic mass is 15.0. The van der Waals surface area contributed by atoms with Gasteiger partial charge in [0.15, 0.2) is 0 Å². The molecule has 14 heavy (non-hydrogen) atoms. The number of rotatable bonds is 3. The van der Waals surface area contributed by atoms with E-state index in [9.17, 15) is 0 Å². The van der Waals surface area contributed by atoms with Crippen LogP contribution in [0.2, 0.25) is 0 Å². The molecule has 2 rings (SSSR count). The Bertz CT molecular complexity index is 431. The standard InChI is InChI=1S/C11H15N3/c1-3-11-13-7-10-5-4-9(6-12-2)8-14(10)11/h4-5,7-8,12H,3,6H2,1-2H3. The van der Waals surface area contributed by atoms with Crippen LogP contribution in [0.3, 0.4) is 0 Å². The quantitative estimate of drug-likeness (QED) is 0.795. The zero-order valence-corrected chi connectivity index (χ0v) is 8.62. The zero-order valence-electron chi connectivity index (χ0n) is 8.62. The van der Waals surface area contributed by atoms with Gasteiger partial charge in [-0.3, -0.25) is 0 Å². The second-order valence-electron chi connectivity index (χ2n) is 3.39. The van der Waals surface area contributed by atoms with Gasteiger partial charge in [0.2, 0.25) is 0 Å². The Morgan fingerprint density at radius 1 is 1.43 bits per heavy atom. The molecule has 0 saturated heterocycles. The molecule has 0 saturated carbocycles. The molecule has 0 fully saturated rings. The van der Waals surface area contributed by atoms with Gasteiger partial charge in [-0.25, -0.2) is 4.98 Å².